The highest BCUT2D eigenvalue weighted by Crippen LogP contribution is 2.29. The van der Waals surface area contributed by atoms with E-state index < -0.39 is 30.6 Å². The number of rotatable bonds is 3. The van der Waals surface area contributed by atoms with Gasteiger partial charge < -0.3 is 0 Å². The molecule has 1 heterocycles. The van der Waals surface area contributed by atoms with E-state index in [-0.39, 0.29) is 24.3 Å². The average molecular weight is 334 g/mol. The van der Waals surface area contributed by atoms with Gasteiger partial charge in [0, 0.05) is 0 Å². The van der Waals surface area contributed by atoms with Crippen LogP contribution in [0.25, 0.3) is 0 Å². The summed E-state index contributed by atoms with van der Waals surface area (Å²) in [5.74, 6) is -0.170. The van der Waals surface area contributed by atoms with Crippen molar-refractivity contribution < 1.29 is 16.8 Å². The number of nitriles is 1. The minimum atomic E-state index is -3.66. The van der Waals surface area contributed by atoms with Crippen LogP contribution in [0.15, 0.2) is 0 Å². The minimum absolute atomic E-state index is 0.0852. The van der Waals surface area contributed by atoms with Crippen molar-refractivity contribution in [3.63, 3.8) is 0 Å². The number of nitrogens with zero attached hydrogens (tertiary/aromatic N) is 1. The fourth-order valence-electron chi connectivity index (χ4n) is 3.10. The summed E-state index contributed by atoms with van der Waals surface area (Å²) in [5, 5.41) is 8.74. The van der Waals surface area contributed by atoms with E-state index in [9.17, 15) is 22.1 Å². The molecule has 2 rings (SSSR count). The third-order valence-corrected chi connectivity index (χ3v) is 8.19. The van der Waals surface area contributed by atoms with Crippen LogP contribution in [0, 0.1) is 11.3 Å². The van der Waals surface area contributed by atoms with Crippen molar-refractivity contribution in [1.29, 1.82) is 5.26 Å². The summed E-state index contributed by atoms with van der Waals surface area (Å²) in [6, 6.07) is 2.16. The first-order valence-electron chi connectivity index (χ1n) is 7.43. The molecule has 6 nitrogen and oxygen atoms in total. The van der Waals surface area contributed by atoms with Gasteiger partial charge in [0.15, 0.2) is 0 Å². The van der Waals surface area contributed by atoms with E-state index in [0.29, 0.717) is 12.8 Å². The molecular weight excluding hydrogens is 312 g/mol. The predicted octanol–water partition coefficient (Wildman–Crippen LogP) is 1.10. The average Bonchev–Trinajstić information content (AvgIpc) is 2.64. The molecule has 0 radical (unpaired) electrons. The normalized spacial score (nSPS) is 26.6. The molecule has 0 aromatic carbocycles. The number of hydrogen-bond acceptors (Lipinski definition) is 5. The molecule has 0 atom stereocenters. The van der Waals surface area contributed by atoms with E-state index in [0.717, 1.165) is 25.7 Å². The zero-order chi connectivity index (χ0) is 15.6. The summed E-state index contributed by atoms with van der Waals surface area (Å²) in [4.78, 5) is 0. The van der Waals surface area contributed by atoms with E-state index in [2.05, 4.69) is 10.8 Å². The van der Waals surface area contributed by atoms with E-state index in [1.54, 1.807) is 0 Å². The third kappa shape index (κ3) is 4.18. The van der Waals surface area contributed by atoms with Gasteiger partial charge in [-0.1, -0.05) is 25.7 Å². The van der Waals surface area contributed by atoms with Crippen LogP contribution in [0.5, 0.6) is 0 Å². The first kappa shape index (κ1) is 16.7. The highest BCUT2D eigenvalue weighted by Gasteiger charge is 2.40. The standard InChI is InChI=1S/C13H22N2O4S2/c14-11-13(7-3-1-2-4-8-13)15-21(18,19)12-5-9-20(16,17)10-6-12/h12,15H,1-10H2. The highest BCUT2D eigenvalue weighted by atomic mass is 32.2. The molecule has 1 N–H and O–H groups in total. The first-order chi connectivity index (χ1) is 9.79. The Bertz CT molecular complexity index is 597. The Labute approximate surface area is 126 Å². The fraction of sp³-hybridized carbons (Fsp3) is 0.923. The Morgan fingerprint density at radius 3 is 2.05 bits per heavy atom. The van der Waals surface area contributed by atoms with Crippen LogP contribution in [0.2, 0.25) is 0 Å². The van der Waals surface area contributed by atoms with E-state index in [1.165, 1.54) is 0 Å². The fourth-order valence-corrected chi connectivity index (χ4v) is 6.71. The molecule has 21 heavy (non-hydrogen) atoms. The molecule has 1 saturated carbocycles. The van der Waals surface area contributed by atoms with Gasteiger partial charge in [0.2, 0.25) is 10.0 Å². The first-order valence-corrected chi connectivity index (χ1v) is 10.8. The maximum absolute atomic E-state index is 12.5. The van der Waals surface area contributed by atoms with Gasteiger partial charge in [-0.05, 0) is 25.7 Å². The molecule has 8 heteroatoms. The Hall–Kier alpha value is -0.650. The second-order valence-corrected chi connectivity index (χ2v) is 10.4. The molecule has 0 amide bonds. The van der Waals surface area contributed by atoms with Gasteiger partial charge in [-0.25, -0.2) is 16.8 Å². The van der Waals surface area contributed by atoms with Crippen LogP contribution in [0.1, 0.15) is 51.4 Å². The lowest BCUT2D eigenvalue weighted by atomic mass is 9.94. The summed E-state index contributed by atoms with van der Waals surface area (Å²) in [6.07, 6.45) is 5.05. The SMILES string of the molecule is N#CC1(NS(=O)(=O)C2CCS(=O)(=O)CC2)CCCCCC1. The zero-order valence-corrected chi connectivity index (χ0v) is 13.7. The summed E-state index contributed by atoms with van der Waals surface area (Å²) < 4.78 is 50.4. The molecule has 2 aliphatic rings. The number of nitrogens with one attached hydrogen (secondary N) is 1. The maximum Gasteiger partial charge on any atom is 0.215 e. The van der Waals surface area contributed by atoms with E-state index in [1.807, 2.05) is 0 Å². The maximum atomic E-state index is 12.5. The monoisotopic (exact) mass is 334 g/mol. The Morgan fingerprint density at radius 1 is 1.05 bits per heavy atom. The van der Waals surface area contributed by atoms with Crippen LogP contribution in [0.4, 0.5) is 0 Å². The van der Waals surface area contributed by atoms with Crippen molar-refractivity contribution in [2.75, 3.05) is 11.5 Å². The van der Waals surface area contributed by atoms with Gasteiger partial charge in [0.1, 0.15) is 15.4 Å². The molecule has 120 valence electrons. The topological polar surface area (TPSA) is 104 Å². The Kier molecular flexibility index (Phi) is 4.96. The third-order valence-electron chi connectivity index (χ3n) is 4.45. The molecule has 2 fully saturated rings. The predicted molar refractivity (Wildman–Crippen MR) is 79.8 cm³/mol. The van der Waals surface area contributed by atoms with Crippen molar-refractivity contribution in [3.05, 3.63) is 0 Å². The van der Waals surface area contributed by atoms with Crippen LogP contribution >= 0.6 is 0 Å². The van der Waals surface area contributed by atoms with E-state index >= 15 is 0 Å². The Morgan fingerprint density at radius 2 is 1.57 bits per heavy atom. The molecule has 1 aliphatic carbocycles. The van der Waals surface area contributed by atoms with Gasteiger partial charge in [0.05, 0.1) is 22.8 Å². The molecule has 0 aromatic heterocycles. The largest absolute Gasteiger partial charge is 0.229 e. The minimum Gasteiger partial charge on any atom is -0.229 e. The molecular formula is C13H22N2O4S2. The van der Waals surface area contributed by atoms with Crippen molar-refractivity contribution in [1.82, 2.24) is 4.72 Å². The van der Waals surface area contributed by atoms with Crippen molar-refractivity contribution >= 4 is 19.9 Å². The number of sulfone groups is 1. The summed E-state index contributed by atoms with van der Waals surface area (Å²) >= 11 is 0. The number of hydrogen-bond donors (Lipinski definition) is 1. The van der Waals surface area contributed by atoms with E-state index in [4.69, 9.17) is 0 Å². The second kappa shape index (κ2) is 6.23. The number of sulfonamides is 1. The lowest BCUT2D eigenvalue weighted by Gasteiger charge is -2.30. The summed E-state index contributed by atoms with van der Waals surface area (Å²) in [7, 11) is -6.75. The van der Waals surface area contributed by atoms with Crippen LogP contribution in [-0.2, 0) is 19.9 Å². The van der Waals surface area contributed by atoms with Gasteiger partial charge in [-0.2, -0.15) is 9.98 Å². The van der Waals surface area contributed by atoms with Crippen LogP contribution in [-0.4, -0.2) is 39.1 Å². The molecule has 1 saturated heterocycles. The second-order valence-electron chi connectivity index (χ2n) is 6.11. The Balaban J connectivity index is 2.11. The molecule has 0 spiro atoms. The molecule has 0 unspecified atom stereocenters. The molecule has 1 aliphatic heterocycles. The zero-order valence-electron chi connectivity index (χ0n) is 12.0. The van der Waals surface area contributed by atoms with Crippen molar-refractivity contribution in [3.8, 4) is 6.07 Å². The molecule has 0 bridgehead atoms. The van der Waals surface area contributed by atoms with Gasteiger partial charge >= 0.3 is 0 Å². The molecule has 0 aromatic rings. The van der Waals surface area contributed by atoms with Crippen molar-refractivity contribution in [2.24, 2.45) is 0 Å². The van der Waals surface area contributed by atoms with Crippen LogP contribution < -0.4 is 4.72 Å². The van der Waals surface area contributed by atoms with Gasteiger partial charge in [0.25, 0.3) is 0 Å². The van der Waals surface area contributed by atoms with Gasteiger partial charge in [-0.3, -0.25) is 0 Å². The van der Waals surface area contributed by atoms with Crippen molar-refractivity contribution in [2.45, 2.75) is 62.2 Å². The van der Waals surface area contributed by atoms with Gasteiger partial charge in [-0.15, -0.1) is 0 Å². The smallest absolute Gasteiger partial charge is 0.215 e. The summed E-state index contributed by atoms with van der Waals surface area (Å²) in [6.45, 7) is 0. The lowest BCUT2D eigenvalue weighted by Crippen LogP contribution is -2.51. The quantitative estimate of drug-likeness (QED) is 0.778. The summed E-state index contributed by atoms with van der Waals surface area (Å²) in [5.41, 5.74) is -1.01. The van der Waals surface area contributed by atoms with Crippen LogP contribution in [0.3, 0.4) is 0 Å². The highest BCUT2D eigenvalue weighted by molar-refractivity contribution is 7.92. The lowest BCUT2D eigenvalue weighted by molar-refractivity contribution is 0.417.